The number of aldehydes is 2. The first-order valence-electron chi connectivity index (χ1n) is 12.2. The molecule has 0 amide bonds. The fourth-order valence-corrected chi connectivity index (χ4v) is 2.73. The first-order valence-corrected chi connectivity index (χ1v) is 12.2. The van der Waals surface area contributed by atoms with Crippen LogP contribution in [-0.4, -0.2) is 76.2 Å². The van der Waals surface area contributed by atoms with E-state index < -0.39 is 0 Å². The van der Waals surface area contributed by atoms with Crippen molar-refractivity contribution >= 4 is 41.6 Å². The molecule has 0 aliphatic rings. The zero-order chi connectivity index (χ0) is 33.5. The summed E-state index contributed by atoms with van der Waals surface area (Å²) in [5.74, 6) is 2.65. The Balaban J connectivity index is -0.000000519. The Kier molecular flexibility index (Phi) is 22.9. The van der Waals surface area contributed by atoms with Gasteiger partial charge in [0, 0.05) is 47.9 Å². The van der Waals surface area contributed by atoms with E-state index in [1.807, 2.05) is 18.2 Å². The summed E-state index contributed by atoms with van der Waals surface area (Å²) in [6.45, 7) is 13.0. The van der Waals surface area contributed by atoms with Gasteiger partial charge in [-0.2, -0.15) is 15.8 Å². The minimum atomic E-state index is 0. The molecular weight excluding hydrogens is 614 g/mol. The molecule has 0 atom stereocenters. The summed E-state index contributed by atoms with van der Waals surface area (Å²) < 4.78 is 14.4. The summed E-state index contributed by atoms with van der Waals surface area (Å²) in [7, 11) is 4.63. The number of carbonyl (C=O) groups excluding carboxylic acids is 2. The van der Waals surface area contributed by atoms with Gasteiger partial charge in [-0.15, -0.1) is 0 Å². The molecule has 0 saturated heterocycles. The third-order valence-corrected chi connectivity index (χ3v) is 4.91. The molecule has 5 N–H and O–H groups in total. The first-order chi connectivity index (χ1) is 21.8. The van der Waals surface area contributed by atoms with Crippen molar-refractivity contribution in [2.75, 3.05) is 21.3 Å². The van der Waals surface area contributed by atoms with Gasteiger partial charge >= 0.3 is 18.9 Å². The first kappa shape index (κ1) is 42.9. The van der Waals surface area contributed by atoms with Crippen molar-refractivity contribution in [3.8, 4) is 35.8 Å². The molecule has 15 nitrogen and oxygen atoms in total. The van der Waals surface area contributed by atoms with Gasteiger partial charge in [0.15, 0.2) is 47.6 Å². The molecule has 5 aromatic rings. The number of methoxy groups -OCH3 is 3. The van der Waals surface area contributed by atoms with Crippen LogP contribution in [0.5, 0.6) is 17.6 Å². The second kappa shape index (κ2) is 25.1. The Morgan fingerprint density at radius 3 is 1.13 bits per heavy atom. The fourth-order valence-electron chi connectivity index (χ4n) is 2.73. The van der Waals surface area contributed by atoms with Gasteiger partial charge in [-0.3, -0.25) is 9.59 Å². The summed E-state index contributed by atoms with van der Waals surface area (Å²) in [6, 6.07) is 13.7. The molecule has 5 heterocycles. The maximum absolute atomic E-state index is 10.1. The van der Waals surface area contributed by atoms with Crippen LogP contribution in [0.15, 0.2) is 61.3 Å². The van der Waals surface area contributed by atoms with Crippen molar-refractivity contribution in [1.82, 2.24) is 24.9 Å². The molecule has 0 unspecified atom stereocenters. The summed E-state index contributed by atoms with van der Waals surface area (Å²) in [5.41, 5.74) is 2.80. The SMILES string of the molecule is COc1cc(C#N)c[nH]1.COc1cc(C=O)c[nH]1.COc1cc(C=O)c[nH]1.[AlH3].[C-]#[N+]c1cc(C#N)c[nH]1.[C-]#[N+]c1cc(C#N)c[nH]1.[H-].[Li+]. The van der Waals surface area contributed by atoms with Crippen LogP contribution >= 0.6 is 0 Å². The van der Waals surface area contributed by atoms with Crippen molar-refractivity contribution in [2.24, 2.45) is 0 Å². The van der Waals surface area contributed by atoms with E-state index in [1.54, 1.807) is 58.1 Å². The number of carbonyl (C=O) groups is 2. The largest absolute Gasteiger partial charge is 1.00 e. The number of nitriles is 3. The van der Waals surface area contributed by atoms with Crippen molar-refractivity contribution in [3.63, 3.8) is 0 Å². The van der Waals surface area contributed by atoms with Crippen molar-refractivity contribution in [1.29, 1.82) is 15.8 Å². The molecule has 0 aliphatic carbocycles. The Morgan fingerprint density at radius 1 is 0.617 bits per heavy atom. The third-order valence-electron chi connectivity index (χ3n) is 4.91. The molecule has 47 heavy (non-hydrogen) atoms. The predicted molar refractivity (Wildman–Crippen MR) is 172 cm³/mol. The molecular formula is C30H30AlLiN10O5. The number of nitrogens with one attached hydrogen (secondary N) is 5. The average molecular weight is 645 g/mol. The van der Waals surface area contributed by atoms with Gasteiger partial charge < -0.3 is 50.2 Å². The van der Waals surface area contributed by atoms with Crippen LogP contribution in [0.3, 0.4) is 0 Å². The molecule has 0 spiro atoms. The van der Waals surface area contributed by atoms with Crippen molar-refractivity contribution in [3.05, 3.63) is 112 Å². The summed E-state index contributed by atoms with van der Waals surface area (Å²) >= 11 is 0. The monoisotopic (exact) mass is 644 g/mol. The number of aromatic amines is 5. The van der Waals surface area contributed by atoms with Gasteiger partial charge in [-0.05, 0) is 12.1 Å². The van der Waals surface area contributed by atoms with Crippen LogP contribution in [0.4, 0.5) is 11.6 Å². The molecule has 17 heteroatoms. The second-order valence-electron chi connectivity index (χ2n) is 7.80. The predicted octanol–water partition coefficient (Wildman–Crippen LogP) is 1.37. The Morgan fingerprint density at radius 2 is 0.936 bits per heavy atom. The normalized spacial score (nSPS) is 8.04. The summed E-state index contributed by atoms with van der Waals surface area (Å²) in [5, 5.41) is 24.9. The van der Waals surface area contributed by atoms with Gasteiger partial charge in [0.25, 0.3) is 0 Å². The van der Waals surface area contributed by atoms with E-state index in [1.165, 1.54) is 24.5 Å². The van der Waals surface area contributed by atoms with Gasteiger partial charge in [-0.25, -0.2) is 0 Å². The molecule has 5 rings (SSSR count). The number of aromatic nitrogens is 5. The van der Waals surface area contributed by atoms with Gasteiger partial charge in [0.1, 0.15) is 18.2 Å². The molecule has 0 bridgehead atoms. The zero-order valence-corrected chi connectivity index (χ0v) is 25.2. The van der Waals surface area contributed by atoms with Crippen LogP contribution in [0, 0.1) is 47.1 Å². The van der Waals surface area contributed by atoms with Crippen LogP contribution in [0.1, 0.15) is 38.8 Å². The molecule has 234 valence electrons. The summed E-state index contributed by atoms with van der Waals surface area (Å²) in [4.78, 5) is 39.8. The third kappa shape index (κ3) is 16.4. The fraction of sp³-hybridized carbons (Fsp3) is 0.100. The minimum absolute atomic E-state index is 0. The second-order valence-corrected chi connectivity index (χ2v) is 7.80. The zero-order valence-electron chi connectivity index (χ0n) is 26.2. The number of nitrogens with zero attached hydrogens (tertiary/aromatic N) is 5. The van der Waals surface area contributed by atoms with E-state index in [0.717, 1.165) is 12.6 Å². The maximum atomic E-state index is 10.1. The molecule has 0 saturated carbocycles. The average Bonchev–Trinajstić information content (AvgIpc) is 3.95. The standard InChI is InChI=1S/2C6H3N3.C6H6N2O.2C6H7NO2.Al.Li.4H/c2*1-8-6-2-5(3-7)4-9-6;1-9-6-2-5(3-7)4-8-6;2*1-9-6-2-5(4-8)3-7-6;;;;;;/h2*2,4,9H;2,4,8H,1H3;2*2-4,7H,1H3;;;;;;/q;;;;;;+1;;;;-1. The van der Waals surface area contributed by atoms with E-state index in [0.29, 0.717) is 57.1 Å². The van der Waals surface area contributed by atoms with E-state index in [9.17, 15) is 9.59 Å². The molecule has 0 fully saturated rings. The summed E-state index contributed by atoms with van der Waals surface area (Å²) in [6.07, 6.45) is 9.31. The maximum Gasteiger partial charge on any atom is 1.00 e. The van der Waals surface area contributed by atoms with Crippen molar-refractivity contribution < 1.29 is 44.1 Å². The Labute approximate surface area is 294 Å². The number of ether oxygens (including phenoxy) is 3. The van der Waals surface area contributed by atoms with Crippen LogP contribution < -0.4 is 33.1 Å². The number of hydrogen-bond donors (Lipinski definition) is 5. The number of rotatable bonds is 5. The van der Waals surface area contributed by atoms with E-state index in [2.05, 4.69) is 34.6 Å². The number of hydrogen-bond acceptors (Lipinski definition) is 8. The molecule has 5 aromatic heterocycles. The molecule has 0 radical (unpaired) electrons. The van der Waals surface area contributed by atoms with Crippen LogP contribution in [-0.2, 0) is 0 Å². The van der Waals surface area contributed by atoms with Gasteiger partial charge in [-0.1, -0.05) is 13.1 Å². The smallest absolute Gasteiger partial charge is 1.00 e. The molecule has 0 aromatic carbocycles. The van der Waals surface area contributed by atoms with E-state index in [-0.39, 0.29) is 37.6 Å². The number of H-pyrrole nitrogens is 5. The van der Waals surface area contributed by atoms with E-state index >= 15 is 0 Å². The van der Waals surface area contributed by atoms with Gasteiger partial charge in [0.2, 0.25) is 11.6 Å². The Hall–Kier alpha value is -6.28. The van der Waals surface area contributed by atoms with E-state index in [4.69, 9.17) is 43.1 Å². The quantitative estimate of drug-likeness (QED) is 0.107. The Bertz CT molecular complexity index is 1690. The van der Waals surface area contributed by atoms with Crippen molar-refractivity contribution in [2.45, 2.75) is 0 Å². The van der Waals surface area contributed by atoms with Crippen LogP contribution in [0.2, 0.25) is 0 Å². The topological polar surface area (TPSA) is 221 Å². The minimum Gasteiger partial charge on any atom is -1.00 e. The van der Waals surface area contributed by atoms with Gasteiger partial charge in [0.05, 0.1) is 50.4 Å². The molecule has 0 aliphatic heterocycles. The van der Waals surface area contributed by atoms with Crippen LogP contribution in [0.25, 0.3) is 9.69 Å².